The van der Waals surface area contributed by atoms with Gasteiger partial charge in [0.05, 0.1) is 23.8 Å². The molecule has 1 saturated heterocycles. The topological polar surface area (TPSA) is 119 Å². The lowest BCUT2D eigenvalue weighted by atomic mass is 10.3. The van der Waals surface area contributed by atoms with E-state index < -0.39 is 20.0 Å². The number of nitrogens with two attached hydrogens (primary N) is 1. The zero-order chi connectivity index (χ0) is 18.8. The van der Waals surface area contributed by atoms with Gasteiger partial charge in [-0.1, -0.05) is 18.2 Å². The molecule has 0 spiro atoms. The van der Waals surface area contributed by atoms with Crippen LogP contribution in [-0.4, -0.2) is 47.4 Å². The third kappa shape index (κ3) is 3.83. The number of hydrogen-bond acceptors (Lipinski definition) is 6. The van der Waals surface area contributed by atoms with Crippen molar-refractivity contribution in [3.05, 3.63) is 48.5 Å². The van der Waals surface area contributed by atoms with E-state index in [1.807, 2.05) is 0 Å². The molecule has 2 aromatic rings. The van der Waals surface area contributed by atoms with Crippen LogP contribution in [0.2, 0.25) is 0 Å². The number of ether oxygens (including phenoxy) is 1. The molecule has 1 aliphatic rings. The zero-order valence-corrected chi connectivity index (χ0v) is 15.5. The van der Waals surface area contributed by atoms with Crippen molar-refractivity contribution in [2.24, 2.45) is 0 Å². The minimum atomic E-state index is -3.94. The van der Waals surface area contributed by atoms with Crippen LogP contribution >= 0.6 is 0 Å². The van der Waals surface area contributed by atoms with Crippen LogP contribution in [0.5, 0.6) is 0 Å². The first kappa shape index (κ1) is 18.6. The van der Waals surface area contributed by atoms with Gasteiger partial charge in [0.1, 0.15) is 4.90 Å². The lowest BCUT2D eigenvalue weighted by Crippen LogP contribution is -2.40. The molecule has 1 fully saturated rings. The Morgan fingerprint density at radius 2 is 1.62 bits per heavy atom. The van der Waals surface area contributed by atoms with E-state index in [0.717, 1.165) is 0 Å². The number of nitrogens with zero attached hydrogens (tertiary/aromatic N) is 1. The van der Waals surface area contributed by atoms with Gasteiger partial charge in [-0.25, -0.2) is 16.8 Å². The number of morpholine rings is 1. The second kappa shape index (κ2) is 7.23. The minimum absolute atomic E-state index is 0.0338. The van der Waals surface area contributed by atoms with Crippen LogP contribution in [0.15, 0.2) is 58.3 Å². The van der Waals surface area contributed by atoms with Crippen molar-refractivity contribution in [1.29, 1.82) is 0 Å². The average Bonchev–Trinajstić information content (AvgIpc) is 2.64. The molecule has 0 radical (unpaired) electrons. The van der Waals surface area contributed by atoms with E-state index in [0.29, 0.717) is 0 Å². The van der Waals surface area contributed by atoms with Crippen LogP contribution in [0.25, 0.3) is 0 Å². The van der Waals surface area contributed by atoms with Crippen molar-refractivity contribution < 1.29 is 21.6 Å². The molecule has 3 rings (SSSR count). The van der Waals surface area contributed by atoms with Gasteiger partial charge in [-0.15, -0.1) is 0 Å². The van der Waals surface area contributed by atoms with E-state index in [1.165, 1.54) is 34.6 Å². The molecule has 140 valence electrons. The van der Waals surface area contributed by atoms with Crippen LogP contribution in [-0.2, 0) is 24.8 Å². The minimum Gasteiger partial charge on any atom is -0.399 e. The summed E-state index contributed by atoms with van der Waals surface area (Å²) in [7, 11) is -7.86. The third-order valence-electron chi connectivity index (χ3n) is 3.89. The Morgan fingerprint density at radius 3 is 2.27 bits per heavy atom. The van der Waals surface area contributed by atoms with E-state index in [4.69, 9.17) is 10.5 Å². The summed E-state index contributed by atoms with van der Waals surface area (Å²) in [6.07, 6.45) is 0. The summed E-state index contributed by atoms with van der Waals surface area (Å²) in [5, 5.41) is 0. The van der Waals surface area contributed by atoms with Gasteiger partial charge >= 0.3 is 0 Å². The number of nitrogens with one attached hydrogen (secondary N) is 1. The van der Waals surface area contributed by atoms with Crippen molar-refractivity contribution >= 4 is 31.4 Å². The van der Waals surface area contributed by atoms with Gasteiger partial charge in [-0.05, 0) is 30.3 Å². The summed E-state index contributed by atoms with van der Waals surface area (Å²) in [5.74, 6) is 0. The van der Waals surface area contributed by atoms with Crippen LogP contribution in [0.4, 0.5) is 11.4 Å². The largest absolute Gasteiger partial charge is 0.399 e. The van der Waals surface area contributed by atoms with Gasteiger partial charge in [0.15, 0.2) is 0 Å². The third-order valence-corrected chi connectivity index (χ3v) is 7.21. The van der Waals surface area contributed by atoms with Crippen LogP contribution < -0.4 is 10.5 Å². The molecular weight excluding hydrogens is 378 g/mol. The number of anilines is 2. The van der Waals surface area contributed by atoms with Crippen molar-refractivity contribution in [3.8, 4) is 0 Å². The highest BCUT2D eigenvalue weighted by Crippen LogP contribution is 2.29. The Kier molecular flexibility index (Phi) is 5.19. The SMILES string of the molecule is Nc1ccc(NS(=O)(=O)c2ccccc2)c(S(=O)(=O)N2CCOCC2)c1. The lowest BCUT2D eigenvalue weighted by molar-refractivity contribution is 0.0730. The van der Waals surface area contributed by atoms with Gasteiger partial charge < -0.3 is 10.5 Å². The summed E-state index contributed by atoms with van der Waals surface area (Å²) in [6, 6.07) is 11.8. The van der Waals surface area contributed by atoms with Gasteiger partial charge in [0.25, 0.3) is 10.0 Å². The Bertz CT molecular complexity index is 986. The van der Waals surface area contributed by atoms with Crippen molar-refractivity contribution in [2.75, 3.05) is 36.8 Å². The quantitative estimate of drug-likeness (QED) is 0.729. The fraction of sp³-hybridized carbons (Fsp3) is 0.250. The van der Waals surface area contributed by atoms with Crippen LogP contribution in [0.1, 0.15) is 0 Å². The molecular formula is C16H19N3O5S2. The van der Waals surface area contributed by atoms with Gasteiger partial charge in [-0.2, -0.15) is 4.31 Å². The number of benzene rings is 2. The molecule has 0 aromatic heterocycles. The molecule has 8 nitrogen and oxygen atoms in total. The molecule has 0 unspecified atom stereocenters. The van der Waals surface area contributed by atoms with E-state index in [9.17, 15) is 16.8 Å². The van der Waals surface area contributed by atoms with Crippen molar-refractivity contribution in [3.63, 3.8) is 0 Å². The van der Waals surface area contributed by atoms with E-state index in [2.05, 4.69) is 4.72 Å². The summed E-state index contributed by atoms with van der Waals surface area (Å²) in [5.41, 5.74) is 5.92. The van der Waals surface area contributed by atoms with E-state index >= 15 is 0 Å². The summed E-state index contributed by atoms with van der Waals surface area (Å²) < 4.78 is 59.9. The summed E-state index contributed by atoms with van der Waals surface area (Å²) >= 11 is 0. The Balaban J connectivity index is 2.01. The molecule has 0 saturated carbocycles. The Labute approximate surface area is 152 Å². The fourth-order valence-corrected chi connectivity index (χ4v) is 5.32. The highest BCUT2D eigenvalue weighted by Gasteiger charge is 2.30. The maximum atomic E-state index is 13.0. The summed E-state index contributed by atoms with van der Waals surface area (Å²) in [6.45, 7) is 0.962. The first-order chi connectivity index (χ1) is 12.3. The second-order valence-corrected chi connectivity index (χ2v) is 9.28. The maximum absolute atomic E-state index is 13.0. The molecule has 0 amide bonds. The number of hydrogen-bond donors (Lipinski definition) is 2. The predicted octanol–water partition coefficient (Wildman–Crippen LogP) is 1.09. The monoisotopic (exact) mass is 397 g/mol. The first-order valence-corrected chi connectivity index (χ1v) is 10.8. The van der Waals surface area contributed by atoms with Crippen molar-refractivity contribution in [2.45, 2.75) is 9.79 Å². The molecule has 0 bridgehead atoms. The second-order valence-electron chi connectivity index (χ2n) is 5.69. The highest BCUT2D eigenvalue weighted by atomic mass is 32.2. The Morgan fingerprint density at radius 1 is 0.962 bits per heavy atom. The molecule has 0 aliphatic carbocycles. The molecule has 10 heteroatoms. The summed E-state index contributed by atoms with van der Waals surface area (Å²) in [4.78, 5) is -0.148. The fourth-order valence-electron chi connectivity index (χ4n) is 2.57. The number of sulfonamides is 2. The molecule has 0 atom stereocenters. The first-order valence-electron chi connectivity index (χ1n) is 7.86. The van der Waals surface area contributed by atoms with Gasteiger partial charge in [0, 0.05) is 18.8 Å². The molecule has 1 heterocycles. The predicted molar refractivity (Wildman–Crippen MR) is 97.7 cm³/mol. The number of nitrogen functional groups attached to an aromatic ring is 1. The molecule has 26 heavy (non-hydrogen) atoms. The number of rotatable bonds is 5. The average molecular weight is 397 g/mol. The van der Waals surface area contributed by atoms with Gasteiger partial charge in [-0.3, -0.25) is 4.72 Å². The normalized spacial score (nSPS) is 16.3. The van der Waals surface area contributed by atoms with E-state index in [1.54, 1.807) is 18.2 Å². The molecule has 2 aromatic carbocycles. The maximum Gasteiger partial charge on any atom is 0.261 e. The Hall–Kier alpha value is -2.14. The van der Waals surface area contributed by atoms with Crippen LogP contribution in [0.3, 0.4) is 0 Å². The van der Waals surface area contributed by atoms with Gasteiger partial charge in [0.2, 0.25) is 10.0 Å². The highest BCUT2D eigenvalue weighted by molar-refractivity contribution is 7.93. The van der Waals surface area contributed by atoms with Crippen molar-refractivity contribution in [1.82, 2.24) is 4.31 Å². The smallest absolute Gasteiger partial charge is 0.261 e. The molecule has 3 N–H and O–H groups in total. The standard InChI is InChI=1S/C16H19N3O5S2/c17-13-6-7-15(18-25(20,21)14-4-2-1-3-5-14)16(12-13)26(22,23)19-8-10-24-11-9-19/h1-7,12,18H,8-11,17H2. The molecule has 1 aliphatic heterocycles. The van der Waals surface area contributed by atoms with E-state index in [-0.39, 0.29) is 47.5 Å². The van der Waals surface area contributed by atoms with Crippen LogP contribution in [0, 0.1) is 0 Å². The lowest BCUT2D eigenvalue weighted by Gasteiger charge is -2.27. The zero-order valence-electron chi connectivity index (χ0n) is 13.8.